The van der Waals surface area contributed by atoms with E-state index in [2.05, 4.69) is 5.32 Å². The van der Waals surface area contributed by atoms with Crippen LogP contribution in [-0.2, 0) is 22.7 Å². The summed E-state index contributed by atoms with van der Waals surface area (Å²) in [6, 6.07) is 10.2. The summed E-state index contributed by atoms with van der Waals surface area (Å²) >= 11 is 0. The monoisotopic (exact) mass is 466 g/mol. The fourth-order valence-corrected chi connectivity index (χ4v) is 4.43. The van der Waals surface area contributed by atoms with Gasteiger partial charge < -0.3 is 19.7 Å². The summed E-state index contributed by atoms with van der Waals surface area (Å²) in [4.78, 5) is 50.7. The number of amides is 2. The Bertz CT molecular complexity index is 1350. The molecule has 1 atom stereocenters. The van der Waals surface area contributed by atoms with Gasteiger partial charge in [-0.3, -0.25) is 23.5 Å². The molecule has 1 aromatic heterocycles. The molecule has 0 radical (unpaired) electrons. The number of nitrogens with one attached hydrogen (secondary N) is 1. The molecule has 34 heavy (non-hydrogen) atoms. The second kappa shape index (κ2) is 9.82. The van der Waals surface area contributed by atoms with Crippen LogP contribution in [0.2, 0.25) is 0 Å². The fraction of sp³-hybridized carbons (Fsp3) is 0.333. The summed E-state index contributed by atoms with van der Waals surface area (Å²) < 4.78 is 13.4. The van der Waals surface area contributed by atoms with Crippen molar-refractivity contribution in [2.75, 3.05) is 27.3 Å². The third kappa shape index (κ3) is 4.26. The minimum atomic E-state index is -0.441. The van der Waals surface area contributed by atoms with Crippen molar-refractivity contribution in [3.8, 4) is 11.5 Å². The molecule has 2 aromatic carbocycles. The third-order valence-corrected chi connectivity index (χ3v) is 6.12. The number of fused-ring (bicyclic) bond motifs is 1. The Morgan fingerprint density at radius 3 is 2.47 bits per heavy atom. The van der Waals surface area contributed by atoms with Crippen molar-refractivity contribution in [3.05, 3.63) is 68.4 Å². The first kappa shape index (κ1) is 23.1. The first-order valence-electron chi connectivity index (χ1n) is 10.9. The van der Waals surface area contributed by atoms with Crippen LogP contribution in [0.4, 0.5) is 0 Å². The predicted octanol–water partition coefficient (Wildman–Crippen LogP) is 0.878. The molecular formula is C24H26N4O6. The molecule has 0 saturated carbocycles. The lowest BCUT2D eigenvalue weighted by Crippen LogP contribution is -2.42. The predicted molar refractivity (Wildman–Crippen MR) is 125 cm³/mol. The fourth-order valence-electron chi connectivity index (χ4n) is 4.43. The molecule has 1 aliphatic rings. The number of nitrogens with zero attached hydrogens (tertiary/aromatic N) is 3. The van der Waals surface area contributed by atoms with Crippen molar-refractivity contribution in [1.82, 2.24) is 19.4 Å². The number of aromatic nitrogens is 2. The zero-order chi connectivity index (χ0) is 24.2. The van der Waals surface area contributed by atoms with E-state index >= 15 is 0 Å². The normalized spacial score (nSPS) is 15.4. The summed E-state index contributed by atoms with van der Waals surface area (Å²) in [5.41, 5.74) is 1.07. The Kier molecular flexibility index (Phi) is 6.67. The molecular weight excluding hydrogens is 440 g/mol. The van der Waals surface area contributed by atoms with Gasteiger partial charge in [0.25, 0.3) is 5.56 Å². The van der Waals surface area contributed by atoms with Crippen LogP contribution >= 0.6 is 0 Å². The average molecular weight is 466 g/mol. The van der Waals surface area contributed by atoms with E-state index in [1.165, 1.54) is 18.8 Å². The second-order valence-corrected chi connectivity index (χ2v) is 8.13. The van der Waals surface area contributed by atoms with Crippen molar-refractivity contribution in [2.45, 2.75) is 25.6 Å². The number of ether oxygens (including phenoxy) is 2. The number of benzene rings is 2. The molecule has 4 rings (SSSR count). The van der Waals surface area contributed by atoms with Gasteiger partial charge in [0, 0.05) is 19.6 Å². The lowest BCUT2D eigenvalue weighted by atomic mass is 10.1. The molecule has 178 valence electrons. The van der Waals surface area contributed by atoms with E-state index in [-0.39, 0.29) is 19.1 Å². The molecule has 0 aliphatic carbocycles. The quantitative estimate of drug-likeness (QED) is 0.469. The second-order valence-electron chi connectivity index (χ2n) is 8.13. The Hall–Kier alpha value is -4.08. The van der Waals surface area contributed by atoms with Crippen molar-refractivity contribution in [3.63, 3.8) is 0 Å². The van der Waals surface area contributed by atoms with Crippen LogP contribution in [0.25, 0.3) is 10.9 Å². The van der Waals surface area contributed by atoms with Gasteiger partial charge in [-0.1, -0.05) is 12.1 Å². The van der Waals surface area contributed by atoms with Crippen LogP contribution in [0.3, 0.4) is 0 Å². The molecule has 1 fully saturated rings. The van der Waals surface area contributed by atoms with E-state index < -0.39 is 11.2 Å². The van der Waals surface area contributed by atoms with Crippen LogP contribution in [0.5, 0.6) is 11.5 Å². The van der Waals surface area contributed by atoms with Gasteiger partial charge in [0.05, 0.1) is 37.7 Å². The van der Waals surface area contributed by atoms with Crippen LogP contribution < -0.4 is 26.0 Å². The first-order chi connectivity index (χ1) is 16.5. The molecule has 1 unspecified atom stereocenters. The van der Waals surface area contributed by atoms with Crippen molar-refractivity contribution >= 4 is 23.7 Å². The highest BCUT2D eigenvalue weighted by atomic mass is 16.5. The minimum Gasteiger partial charge on any atom is -0.493 e. The molecule has 3 aromatic rings. The van der Waals surface area contributed by atoms with Crippen LogP contribution in [0, 0.1) is 0 Å². The zero-order valence-corrected chi connectivity index (χ0v) is 19.0. The molecule has 1 N–H and O–H groups in total. The van der Waals surface area contributed by atoms with E-state index in [1.54, 1.807) is 45.9 Å². The van der Waals surface area contributed by atoms with E-state index in [0.29, 0.717) is 53.9 Å². The first-order valence-corrected chi connectivity index (χ1v) is 10.9. The minimum absolute atomic E-state index is 0.0366. The van der Waals surface area contributed by atoms with Gasteiger partial charge in [0.1, 0.15) is 0 Å². The molecule has 0 bridgehead atoms. The average Bonchev–Trinajstić information content (AvgIpc) is 3.34. The Labute approximate surface area is 195 Å². The molecule has 1 saturated heterocycles. The summed E-state index contributed by atoms with van der Waals surface area (Å²) in [7, 11) is 3.05. The third-order valence-electron chi connectivity index (χ3n) is 6.12. The molecule has 2 amide bonds. The smallest absolute Gasteiger partial charge is 0.332 e. The molecule has 0 spiro atoms. The van der Waals surface area contributed by atoms with Gasteiger partial charge in [0.15, 0.2) is 11.5 Å². The highest BCUT2D eigenvalue weighted by Gasteiger charge is 2.27. The maximum absolute atomic E-state index is 13.6. The summed E-state index contributed by atoms with van der Waals surface area (Å²) in [5, 5.41) is 2.96. The Balaban J connectivity index is 1.88. The van der Waals surface area contributed by atoms with Crippen LogP contribution in [0.1, 0.15) is 23.6 Å². The van der Waals surface area contributed by atoms with E-state index in [0.717, 1.165) is 12.0 Å². The summed E-state index contributed by atoms with van der Waals surface area (Å²) in [6.07, 6.45) is 1.97. The maximum Gasteiger partial charge on any atom is 0.332 e. The molecule has 1 aliphatic heterocycles. The maximum atomic E-state index is 13.6. The SMILES string of the molecule is COc1ccc(Cn2c(=O)c3cc(CNC=O)ccc3n(C3CCN(C=O)C3)c2=O)cc1OC. The lowest BCUT2D eigenvalue weighted by Gasteiger charge is -2.20. The number of hydrogen-bond donors (Lipinski definition) is 1. The van der Waals surface area contributed by atoms with E-state index in [9.17, 15) is 19.2 Å². The Morgan fingerprint density at radius 2 is 1.79 bits per heavy atom. The van der Waals surface area contributed by atoms with Gasteiger partial charge in [-0.05, 0) is 41.8 Å². The number of carbonyl (C=O) groups excluding carboxylic acids is 2. The Morgan fingerprint density at radius 1 is 1.03 bits per heavy atom. The highest BCUT2D eigenvalue weighted by Crippen LogP contribution is 2.28. The lowest BCUT2D eigenvalue weighted by molar-refractivity contribution is -0.117. The molecule has 10 nitrogen and oxygen atoms in total. The van der Waals surface area contributed by atoms with Crippen molar-refractivity contribution in [1.29, 1.82) is 0 Å². The molecule has 2 heterocycles. The standard InChI is InChI=1S/C24H26N4O6/c1-33-21-6-4-17(10-22(21)34-2)12-27-23(31)19-9-16(11-25-14-29)3-5-20(19)28(24(27)32)18-7-8-26(13-18)15-30/h3-6,9-10,14-15,18H,7-8,11-13H2,1-2H3,(H,25,29). The largest absolute Gasteiger partial charge is 0.493 e. The van der Waals surface area contributed by atoms with E-state index in [1.807, 2.05) is 0 Å². The number of likely N-dealkylation sites (tertiary alicyclic amines) is 1. The van der Waals surface area contributed by atoms with Gasteiger partial charge in [-0.25, -0.2) is 4.79 Å². The van der Waals surface area contributed by atoms with E-state index in [4.69, 9.17) is 9.47 Å². The number of carbonyl (C=O) groups is 2. The van der Waals surface area contributed by atoms with Crippen molar-refractivity contribution in [2.24, 2.45) is 0 Å². The topological polar surface area (TPSA) is 112 Å². The van der Waals surface area contributed by atoms with Crippen LogP contribution in [0.15, 0.2) is 46.0 Å². The van der Waals surface area contributed by atoms with Gasteiger partial charge >= 0.3 is 5.69 Å². The number of methoxy groups -OCH3 is 2. The molecule has 10 heteroatoms. The zero-order valence-electron chi connectivity index (χ0n) is 19.0. The summed E-state index contributed by atoms with van der Waals surface area (Å²) in [5.74, 6) is 1.04. The van der Waals surface area contributed by atoms with Gasteiger partial charge in [-0.2, -0.15) is 0 Å². The van der Waals surface area contributed by atoms with Crippen LogP contribution in [-0.4, -0.2) is 54.2 Å². The number of rotatable bonds is 9. The van der Waals surface area contributed by atoms with Gasteiger partial charge in [-0.15, -0.1) is 0 Å². The number of hydrogen-bond acceptors (Lipinski definition) is 6. The van der Waals surface area contributed by atoms with Crippen molar-refractivity contribution < 1.29 is 19.1 Å². The van der Waals surface area contributed by atoms with Gasteiger partial charge in [0.2, 0.25) is 12.8 Å². The highest BCUT2D eigenvalue weighted by molar-refractivity contribution is 5.79. The summed E-state index contributed by atoms with van der Waals surface area (Å²) in [6.45, 7) is 1.23.